The molecule has 0 aliphatic heterocycles. The molecule has 5 heteroatoms. The molecule has 2 N–H and O–H groups in total. The number of pyridine rings is 1. The van der Waals surface area contributed by atoms with Gasteiger partial charge in [-0.3, -0.25) is 20.6 Å². The molecule has 0 fully saturated rings. The van der Waals surface area contributed by atoms with Gasteiger partial charge in [-0.05, 0) is 46.7 Å². The Kier molecular flexibility index (Phi) is 4.43. The highest BCUT2D eigenvalue weighted by Gasteiger charge is 2.06. The number of ether oxygens (including phenoxy) is 1. The number of carbonyl (C=O) groups is 1. The fourth-order valence-corrected chi connectivity index (χ4v) is 2.32. The second-order valence-corrected chi connectivity index (χ2v) is 5.22. The van der Waals surface area contributed by atoms with Crippen molar-refractivity contribution in [3.05, 3.63) is 78.6 Å². The third-order valence-electron chi connectivity index (χ3n) is 3.67. The first kappa shape index (κ1) is 15.6. The highest BCUT2D eigenvalue weighted by atomic mass is 16.5. The summed E-state index contributed by atoms with van der Waals surface area (Å²) in [5.74, 6) is 0.570. The Labute approximate surface area is 140 Å². The fourth-order valence-electron chi connectivity index (χ4n) is 2.32. The standard InChI is InChI=1S/C19H17N3O2/c1-13(21-22-19(23)14-7-9-20-10-8-14)15-3-4-17-12-18(24-2)6-5-16(17)11-15/h3-12,21H,1H2,2H3,(H,22,23). The number of aromatic nitrogens is 1. The van der Waals surface area contributed by atoms with Crippen LogP contribution in [0.5, 0.6) is 5.75 Å². The minimum Gasteiger partial charge on any atom is -0.497 e. The lowest BCUT2D eigenvalue weighted by atomic mass is 10.1. The number of hydrogen-bond donors (Lipinski definition) is 2. The number of methoxy groups -OCH3 is 1. The number of hydrazine groups is 1. The molecule has 0 radical (unpaired) electrons. The van der Waals surface area contributed by atoms with Crippen LogP contribution in [0.1, 0.15) is 15.9 Å². The summed E-state index contributed by atoms with van der Waals surface area (Å²) in [7, 11) is 1.65. The van der Waals surface area contributed by atoms with Crippen LogP contribution in [-0.4, -0.2) is 18.0 Å². The highest BCUT2D eigenvalue weighted by Crippen LogP contribution is 2.23. The van der Waals surface area contributed by atoms with E-state index in [1.807, 2.05) is 36.4 Å². The second kappa shape index (κ2) is 6.83. The Balaban J connectivity index is 1.71. The lowest BCUT2D eigenvalue weighted by Crippen LogP contribution is -2.35. The van der Waals surface area contributed by atoms with Crippen LogP contribution in [-0.2, 0) is 0 Å². The predicted molar refractivity (Wildman–Crippen MR) is 94.4 cm³/mol. The maximum atomic E-state index is 12.0. The van der Waals surface area contributed by atoms with Gasteiger partial charge in [0, 0.05) is 18.0 Å². The summed E-state index contributed by atoms with van der Waals surface area (Å²) in [6.45, 7) is 3.97. The van der Waals surface area contributed by atoms with E-state index in [0.29, 0.717) is 11.3 Å². The lowest BCUT2D eigenvalue weighted by molar-refractivity contribution is 0.0942. The van der Waals surface area contributed by atoms with Crippen LogP contribution >= 0.6 is 0 Å². The summed E-state index contributed by atoms with van der Waals surface area (Å²) in [6.07, 6.45) is 3.14. The Bertz CT molecular complexity index is 892. The third-order valence-corrected chi connectivity index (χ3v) is 3.67. The molecule has 0 aliphatic carbocycles. The molecule has 1 amide bonds. The van der Waals surface area contributed by atoms with Gasteiger partial charge in [-0.15, -0.1) is 0 Å². The Morgan fingerprint density at radius 1 is 0.958 bits per heavy atom. The zero-order chi connectivity index (χ0) is 16.9. The first-order valence-corrected chi connectivity index (χ1v) is 7.41. The number of fused-ring (bicyclic) bond motifs is 1. The van der Waals surface area contributed by atoms with Crippen LogP contribution in [0.3, 0.4) is 0 Å². The molecule has 0 spiro atoms. The molecule has 0 saturated carbocycles. The van der Waals surface area contributed by atoms with E-state index in [4.69, 9.17) is 4.74 Å². The van der Waals surface area contributed by atoms with E-state index < -0.39 is 0 Å². The molecule has 24 heavy (non-hydrogen) atoms. The van der Waals surface area contributed by atoms with E-state index >= 15 is 0 Å². The topological polar surface area (TPSA) is 63.2 Å². The number of rotatable bonds is 5. The van der Waals surface area contributed by atoms with E-state index in [9.17, 15) is 4.79 Å². The van der Waals surface area contributed by atoms with Crippen molar-refractivity contribution in [1.29, 1.82) is 0 Å². The summed E-state index contributed by atoms with van der Waals surface area (Å²) in [6, 6.07) is 15.1. The molecule has 5 nitrogen and oxygen atoms in total. The van der Waals surface area contributed by atoms with Crippen molar-refractivity contribution in [3.8, 4) is 5.75 Å². The molecule has 1 aromatic heterocycles. The van der Waals surface area contributed by atoms with Gasteiger partial charge in [-0.1, -0.05) is 24.8 Å². The minimum atomic E-state index is -0.246. The minimum absolute atomic E-state index is 0.246. The van der Waals surface area contributed by atoms with Gasteiger partial charge in [0.25, 0.3) is 5.91 Å². The lowest BCUT2D eigenvalue weighted by Gasteiger charge is -2.12. The van der Waals surface area contributed by atoms with Gasteiger partial charge < -0.3 is 4.74 Å². The number of nitrogens with one attached hydrogen (secondary N) is 2. The summed E-state index contributed by atoms with van der Waals surface area (Å²) in [4.78, 5) is 15.9. The average molecular weight is 319 g/mol. The third kappa shape index (κ3) is 3.35. The molecule has 0 unspecified atom stereocenters. The number of hydrogen-bond acceptors (Lipinski definition) is 4. The summed E-state index contributed by atoms with van der Waals surface area (Å²) in [5, 5.41) is 2.14. The molecule has 0 saturated heterocycles. The number of carbonyl (C=O) groups excluding carboxylic acids is 1. The molecule has 0 aliphatic rings. The van der Waals surface area contributed by atoms with Crippen molar-refractivity contribution >= 4 is 22.4 Å². The number of nitrogens with zero attached hydrogens (tertiary/aromatic N) is 1. The van der Waals surface area contributed by atoms with Gasteiger partial charge in [0.05, 0.1) is 12.8 Å². The van der Waals surface area contributed by atoms with Crippen molar-refractivity contribution in [2.45, 2.75) is 0 Å². The quantitative estimate of drug-likeness (QED) is 0.709. The molecule has 1 heterocycles. The van der Waals surface area contributed by atoms with Crippen molar-refractivity contribution in [1.82, 2.24) is 15.8 Å². The normalized spacial score (nSPS) is 10.2. The number of amides is 1. The van der Waals surface area contributed by atoms with Crippen LogP contribution in [0.15, 0.2) is 67.5 Å². The monoisotopic (exact) mass is 319 g/mol. The van der Waals surface area contributed by atoms with Crippen molar-refractivity contribution in [2.75, 3.05) is 7.11 Å². The second-order valence-electron chi connectivity index (χ2n) is 5.22. The molecular weight excluding hydrogens is 302 g/mol. The van der Waals surface area contributed by atoms with E-state index in [1.165, 1.54) is 0 Å². The van der Waals surface area contributed by atoms with Gasteiger partial charge in [0.15, 0.2) is 0 Å². The molecular formula is C19H17N3O2. The molecule has 0 bridgehead atoms. The van der Waals surface area contributed by atoms with Crippen molar-refractivity contribution in [3.63, 3.8) is 0 Å². The fraction of sp³-hybridized carbons (Fsp3) is 0.0526. The average Bonchev–Trinajstić information content (AvgIpc) is 2.65. The summed E-state index contributed by atoms with van der Waals surface area (Å²) < 4.78 is 5.23. The van der Waals surface area contributed by atoms with Gasteiger partial charge in [0.1, 0.15) is 5.75 Å². The van der Waals surface area contributed by atoms with Crippen LogP contribution in [0.4, 0.5) is 0 Å². The Hall–Kier alpha value is -3.34. The van der Waals surface area contributed by atoms with E-state index in [0.717, 1.165) is 22.1 Å². The van der Waals surface area contributed by atoms with Gasteiger partial charge in [0.2, 0.25) is 0 Å². The SMILES string of the molecule is C=C(NNC(=O)c1ccncc1)c1ccc2cc(OC)ccc2c1. The Morgan fingerprint density at radius 2 is 1.67 bits per heavy atom. The maximum absolute atomic E-state index is 12.0. The number of benzene rings is 2. The summed E-state index contributed by atoms with van der Waals surface area (Å²) >= 11 is 0. The molecule has 120 valence electrons. The van der Waals surface area contributed by atoms with E-state index in [-0.39, 0.29) is 5.91 Å². The van der Waals surface area contributed by atoms with Gasteiger partial charge >= 0.3 is 0 Å². The smallest absolute Gasteiger partial charge is 0.269 e. The van der Waals surface area contributed by atoms with Crippen LogP contribution < -0.4 is 15.6 Å². The zero-order valence-electron chi connectivity index (χ0n) is 13.2. The molecule has 3 aromatic rings. The molecule has 3 rings (SSSR count). The van der Waals surface area contributed by atoms with Gasteiger partial charge in [-0.25, -0.2) is 0 Å². The van der Waals surface area contributed by atoms with Crippen molar-refractivity contribution in [2.24, 2.45) is 0 Å². The maximum Gasteiger partial charge on any atom is 0.269 e. The van der Waals surface area contributed by atoms with Crippen molar-refractivity contribution < 1.29 is 9.53 Å². The molecule has 2 aromatic carbocycles. The van der Waals surface area contributed by atoms with E-state index in [1.54, 1.807) is 31.6 Å². The molecule has 0 atom stereocenters. The first-order valence-electron chi connectivity index (χ1n) is 7.41. The predicted octanol–water partition coefficient (Wildman–Crippen LogP) is 3.15. The largest absolute Gasteiger partial charge is 0.497 e. The van der Waals surface area contributed by atoms with Crippen LogP contribution in [0.25, 0.3) is 16.5 Å². The van der Waals surface area contributed by atoms with Crippen LogP contribution in [0, 0.1) is 0 Å². The van der Waals surface area contributed by atoms with E-state index in [2.05, 4.69) is 22.4 Å². The highest BCUT2D eigenvalue weighted by molar-refractivity contribution is 5.94. The summed E-state index contributed by atoms with van der Waals surface area (Å²) in [5.41, 5.74) is 7.49. The van der Waals surface area contributed by atoms with Gasteiger partial charge in [-0.2, -0.15) is 0 Å². The zero-order valence-corrected chi connectivity index (χ0v) is 13.2. The Morgan fingerprint density at radius 3 is 2.42 bits per heavy atom. The first-order chi connectivity index (χ1) is 11.7. The van der Waals surface area contributed by atoms with Crippen LogP contribution in [0.2, 0.25) is 0 Å².